The zero-order chi connectivity index (χ0) is 14.2. The predicted octanol–water partition coefficient (Wildman–Crippen LogP) is 3.73. The molecular weight excluding hydrogens is 248 g/mol. The largest absolute Gasteiger partial charge is 0.303 e. The van der Waals surface area contributed by atoms with Crippen LogP contribution in [0.4, 0.5) is 0 Å². The third-order valence-corrected chi connectivity index (χ3v) is 3.57. The summed E-state index contributed by atoms with van der Waals surface area (Å²) in [5.74, 6) is -0.273. The number of carbonyl (C=O) groups is 2. The number of rotatable bonds is 7. The molecule has 0 saturated heterocycles. The molecule has 0 fully saturated rings. The second kappa shape index (κ2) is 7.39. The van der Waals surface area contributed by atoms with Crippen molar-refractivity contribution in [3.05, 3.63) is 71.8 Å². The van der Waals surface area contributed by atoms with Crippen LogP contribution in [-0.4, -0.2) is 12.6 Å². The molecule has 2 nitrogen and oxygen atoms in total. The van der Waals surface area contributed by atoms with E-state index in [4.69, 9.17) is 0 Å². The minimum Gasteiger partial charge on any atom is -0.303 e. The van der Waals surface area contributed by atoms with Crippen molar-refractivity contribution in [1.82, 2.24) is 0 Å². The number of carbonyl (C=O) groups excluding carboxylic acids is 2. The zero-order valence-electron chi connectivity index (χ0n) is 11.3. The number of benzene rings is 2. The van der Waals surface area contributed by atoms with Gasteiger partial charge in [-0.1, -0.05) is 60.7 Å². The lowest BCUT2D eigenvalue weighted by molar-refractivity contribution is -0.111. The van der Waals surface area contributed by atoms with E-state index >= 15 is 0 Å². The van der Waals surface area contributed by atoms with Crippen LogP contribution >= 0.6 is 0 Å². The molecule has 0 amide bonds. The Hall–Kier alpha value is -2.22. The molecule has 0 aliphatic rings. The lowest BCUT2D eigenvalue weighted by Crippen LogP contribution is -2.06. The standard InChI is InChI=1S/C18H18O2/c19-13-17(15-7-3-1-4-8-15)11-12-18(14-20)16-9-5-2-6-10-16/h1-10,13-14,17-18H,11-12H2. The number of hydrogen-bond donors (Lipinski definition) is 0. The lowest BCUT2D eigenvalue weighted by Gasteiger charge is -2.14. The van der Waals surface area contributed by atoms with Gasteiger partial charge < -0.3 is 9.59 Å². The SMILES string of the molecule is O=CC(CCC(C=O)c1ccccc1)c1ccccc1. The highest BCUT2D eigenvalue weighted by Gasteiger charge is 2.15. The molecule has 2 aromatic carbocycles. The van der Waals surface area contributed by atoms with E-state index in [2.05, 4.69) is 0 Å². The molecule has 0 heterocycles. The monoisotopic (exact) mass is 266 g/mol. The Morgan fingerprint density at radius 3 is 1.30 bits per heavy atom. The third kappa shape index (κ3) is 3.64. The van der Waals surface area contributed by atoms with E-state index in [-0.39, 0.29) is 11.8 Å². The molecule has 2 atom stereocenters. The first-order chi connectivity index (χ1) is 9.85. The molecule has 102 valence electrons. The van der Waals surface area contributed by atoms with Gasteiger partial charge in [0.2, 0.25) is 0 Å². The average Bonchev–Trinajstić information content (AvgIpc) is 2.53. The van der Waals surface area contributed by atoms with E-state index in [9.17, 15) is 9.59 Å². The molecule has 2 unspecified atom stereocenters. The van der Waals surface area contributed by atoms with Gasteiger partial charge in [0.25, 0.3) is 0 Å². The smallest absolute Gasteiger partial charge is 0.127 e. The van der Waals surface area contributed by atoms with Gasteiger partial charge in [0.05, 0.1) is 0 Å². The molecule has 2 aromatic rings. The fourth-order valence-corrected chi connectivity index (χ4v) is 2.39. The number of aldehydes is 2. The first-order valence-corrected chi connectivity index (χ1v) is 6.85. The van der Waals surface area contributed by atoms with E-state index in [1.165, 1.54) is 0 Å². The van der Waals surface area contributed by atoms with Crippen molar-refractivity contribution in [3.63, 3.8) is 0 Å². The van der Waals surface area contributed by atoms with Crippen molar-refractivity contribution in [2.75, 3.05) is 0 Å². The molecule has 0 spiro atoms. The van der Waals surface area contributed by atoms with Crippen LogP contribution in [0.15, 0.2) is 60.7 Å². The van der Waals surface area contributed by atoms with Gasteiger partial charge in [-0.05, 0) is 24.0 Å². The van der Waals surface area contributed by atoms with Crippen LogP contribution in [0.2, 0.25) is 0 Å². The van der Waals surface area contributed by atoms with Crippen LogP contribution < -0.4 is 0 Å². The zero-order valence-corrected chi connectivity index (χ0v) is 11.3. The molecule has 2 rings (SSSR count). The van der Waals surface area contributed by atoms with Crippen LogP contribution in [0.3, 0.4) is 0 Å². The Labute approximate surface area is 119 Å². The molecule has 20 heavy (non-hydrogen) atoms. The average molecular weight is 266 g/mol. The van der Waals surface area contributed by atoms with Crippen molar-refractivity contribution in [2.45, 2.75) is 24.7 Å². The summed E-state index contributed by atoms with van der Waals surface area (Å²) in [6.45, 7) is 0. The van der Waals surface area contributed by atoms with Crippen molar-refractivity contribution in [3.8, 4) is 0 Å². The second-order valence-electron chi connectivity index (χ2n) is 4.88. The van der Waals surface area contributed by atoms with Crippen molar-refractivity contribution >= 4 is 12.6 Å². The fraction of sp³-hybridized carbons (Fsp3) is 0.222. The first-order valence-electron chi connectivity index (χ1n) is 6.85. The van der Waals surface area contributed by atoms with Crippen molar-refractivity contribution < 1.29 is 9.59 Å². The van der Waals surface area contributed by atoms with Gasteiger partial charge >= 0.3 is 0 Å². The van der Waals surface area contributed by atoms with Crippen LogP contribution in [0.1, 0.15) is 35.8 Å². The van der Waals surface area contributed by atoms with Gasteiger partial charge in [-0.2, -0.15) is 0 Å². The van der Waals surface area contributed by atoms with Crippen molar-refractivity contribution in [1.29, 1.82) is 0 Å². The quantitative estimate of drug-likeness (QED) is 0.715. The Bertz CT molecular complexity index is 482. The van der Waals surface area contributed by atoms with E-state index in [0.29, 0.717) is 12.8 Å². The van der Waals surface area contributed by atoms with Crippen LogP contribution in [0, 0.1) is 0 Å². The van der Waals surface area contributed by atoms with E-state index in [1.807, 2.05) is 60.7 Å². The summed E-state index contributed by atoms with van der Waals surface area (Å²) in [4.78, 5) is 22.5. The molecule has 0 saturated carbocycles. The highest BCUT2D eigenvalue weighted by molar-refractivity contribution is 5.64. The highest BCUT2D eigenvalue weighted by Crippen LogP contribution is 2.25. The summed E-state index contributed by atoms with van der Waals surface area (Å²) < 4.78 is 0. The minimum atomic E-state index is -0.137. The Balaban J connectivity index is 2.02. The molecule has 2 heteroatoms. The molecule has 0 aliphatic carbocycles. The minimum absolute atomic E-state index is 0.137. The lowest BCUT2D eigenvalue weighted by atomic mass is 9.89. The molecule has 0 bridgehead atoms. The number of hydrogen-bond acceptors (Lipinski definition) is 2. The van der Waals surface area contributed by atoms with Gasteiger partial charge in [-0.25, -0.2) is 0 Å². The van der Waals surface area contributed by atoms with Crippen LogP contribution in [-0.2, 0) is 9.59 Å². The molecule has 0 N–H and O–H groups in total. The molecular formula is C18H18O2. The van der Waals surface area contributed by atoms with E-state index in [1.54, 1.807) is 0 Å². The van der Waals surface area contributed by atoms with Gasteiger partial charge in [-0.3, -0.25) is 0 Å². The third-order valence-electron chi connectivity index (χ3n) is 3.57. The Kier molecular flexibility index (Phi) is 5.24. The first kappa shape index (κ1) is 14.2. The van der Waals surface area contributed by atoms with Gasteiger partial charge in [0.15, 0.2) is 0 Å². The van der Waals surface area contributed by atoms with Gasteiger partial charge in [-0.15, -0.1) is 0 Å². The van der Waals surface area contributed by atoms with E-state index in [0.717, 1.165) is 23.7 Å². The Morgan fingerprint density at radius 2 is 1.00 bits per heavy atom. The maximum Gasteiger partial charge on any atom is 0.127 e. The summed E-state index contributed by atoms with van der Waals surface area (Å²) >= 11 is 0. The van der Waals surface area contributed by atoms with Crippen LogP contribution in [0.25, 0.3) is 0 Å². The summed E-state index contributed by atoms with van der Waals surface area (Å²) in [7, 11) is 0. The highest BCUT2D eigenvalue weighted by atomic mass is 16.1. The maximum atomic E-state index is 11.3. The summed E-state index contributed by atoms with van der Waals surface area (Å²) in [5.41, 5.74) is 2.03. The predicted molar refractivity (Wildman–Crippen MR) is 79.7 cm³/mol. The summed E-state index contributed by atoms with van der Waals surface area (Å²) in [6.07, 6.45) is 3.32. The van der Waals surface area contributed by atoms with Gasteiger partial charge in [0, 0.05) is 11.8 Å². The van der Waals surface area contributed by atoms with Crippen LogP contribution in [0.5, 0.6) is 0 Å². The molecule has 0 radical (unpaired) electrons. The van der Waals surface area contributed by atoms with Gasteiger partial charge in [0.1, 0.15) is 12.6 Å². The molecule has 0 aliphatic heterocycles. The topological polar surface area (TPSA) is 34.1 Å². The summed E-state index contributed by atoms with van der Waals surface area (Å²) in [6, 6.07) is 19.4. The van der Waals surface area contributed by atoms with E-state index < -0.39 is 0 Å². The fourth-order valence-electron chi connectivity index (χ4n) is 2.39. The second-order valence-corrected chi connectivity index (χ2v) is 4.88. The Morgan fingerprint density at radius 1 is 0.650 bits per heavy atom. The normalized spacial score (nSPS) is 13.4. The molecule has 0 aromatic heterocycles. The maximum absolute atomic E-state index is 11.3. The summed E-state index contributed by atoms with van der Waals surface area (Å²) in [5, 5.41) is 0. The van der Waals surface area contributed by atoms with Crippen molar-refractivity contribution in [2.24, 2.45) is 0 Å².